The third-order valence-corrected chi connectivity index (χ3v) is 4.95. The Balaban J connectivity index is 2.77. The van der Waals surface area contributed by atoms with Crippen LogP contribution >= 0.6 is 0 Å². The summed E-state index contributed by atoms with van der Waals surface area (Å²) in [5.74, 6) is 0. The minimum Gasteiger partial charge on any atom is -0.373 e. The van der Waals surface area contributed by atoms with Crippen molar-refractivity contribution in [2.75, 3.05) is 13.1 Å². The number of nitrogens with zero attached hydrogens (tertiary/aromatic N) is 1. The third kappa shape index (κ3) is 6.87. The van der Waals surface area contributed by atoms with Gasteiger partial charge in [-0.2, -0.15) is 0 Å². The number of allylic oxidation sites excluding steroid dienone is 8. The van der Waals surface area contributed by atoms with Crippen molar-refractivity contribution < 1.29 is 0 Å². The van der Waals surface area contributed by atoms with E-state index < -0.39 is 0 Å². The maximum absolute atomic E-state index is 3.89. The zero-order valence-corrected chi connectivity index (χ0v) is 17.6. The Bertz CT molecular complexity index is 552. The predicted molar refractivity (Wildman–Crippen MR) is 116 cm³/mol. The largest absolute Gasteiger partial charge is 0.373 e. The Morgan fingerprint density at radius 3 is 2.62 bits per heavy atom. The van der Waals surface area contributed by atoms with Gasteiger partial charge < -0.3 is 10.3 Å². The van der Waals surface area contributed by atoms with Crippen molar-refractivity contribution in [3.05, 3.63) is 59.5 Å². The number of hydrogen-bond acceptors (Lipinski definition) is 3. The summed E-state index contributed by atoms with van der Waals surface area (Å²) in [5.41, 5.74) is 12.4. The number of likely N-dealkylation sites (tertiary alicyclic amines) is 1. The van der Waals surface area contributed by atoms with Crippen molar-refractivity contribution in [1.82, 2.24) is 15.8 Å². The second-order valence-electron chi connectivity index (χ2n) is 6.85. The monoisotopic (exact) mass is 357 g/mol. The van der Waals surface area contributed by atoms with E-state index in [4.69, 9.17) is 0 Å². The van der Waals surface area contributed by atoms with Crippen molar-refractivity contribution in [1.29, 1.82) is 0 Å². The molecule has 1 unspecified atom stereocenters. The lowest BCUT2D eigenvalue weighted by Crippen LogP contribution is -2.41. The fraction of sp³-hybridized carbons (Fsp3) is 0.565. The van der Waals surface area contributed by atoms with Crippen LogP contribution in [0.5, 0.6) is 0 Å². The average molecular weight is 358 g/mol. The van der Waals surface area contributed by atoms with E-state index in [0.29, 0.717) is 6.04 Å². The first-order chi connectivity index (χ1) is 12.6. The third-order valence-electron chi connectivity index (χ3n) is 4.95. The van der Waals surface area contributed by atoms with Crippen molar-refractivity contribution >= 4 is 0 Å². The predicted octanol–water partition coefficient (Wildman–Crippen LogP) is 5.62. The molecule has 3 heteroatoms. The summed E-state index contributed by atoms with van der Waals surface area (Å²) in [4.78, 5) is 2.54. The molecule has 1 atom stereocenters. The fourth-order valence-corrected chi connectivity index (χ4v) is 3.41. The van der Waals surface area contributed by atoms with Crippen molar-refractivity contribution in [2.45, 2.75) is 72.8 Å². The van der Waals surface area contributed by atoms with Gasteiger partial charge in [0.05, 0.1) is 0 Å². The molecular weight excluding hydrogens is 318 g/mol. The van der Waals surface area contributed by atoms with E-state index in [-0.39, 0.29) is 0 Å². The van der Waals surface area contributed by atoms with E-state index >= 15 is 0 Å². The normalized spacial score (nSPS) is 19.9. The summed E-state index contributed by atoms with van der Waals surface area (Å²) >= 11 is 0. The quantitative estimate of drug-likeness (QED) is 0.371. The molecule has 1 aliphatic heterocycles. The van der Waals surface area contributed by atoms with E-state index in [1.165, 1.54) is 23.3 Å². The molecule has 0 saturated carbocycles. The van der Waals surface area contributed by atoms with Crippen LogP contribution in [-0.4, -0.2) is 24.0 Å². The zero-order chi connectivity index (χ0) is 19.4. The lowest BCUT2D eigenvalue weighted by atomic mass is 9.96. The molecule has 0 spiro atoms. The first kappa shape index (κ1) is 22.3. The summed E-state index contributed by atoms with van der Waals surface area (Å²) in [7, 11) is 0. The number of hydrazine groups is 1. The summed E-state index contributed by atoms with van der Waals surface area (Å²) in [6.07, 6.45) is 16.1. The molecule has 26 heavy (non-hydrogen) atoms. The van der Waals surface area contributed by atoms with Gasteiger partial charge >= 0.3 is 0 Å². The minimum absolute atomic E-state index is 0.464. The van der Waals surface area contributed by atoms with E-state index in [2.05, 4.69) is 81.3 Å². The first-order valence-corrected chi connectivity index (χ1v) is 10.2. The Hall–Kier alpha value is -1.74. The van der Waals surface area contributed by atoms with Gasteiger partial charge in [0.2, 0.25) is 0 Å². The molecule has 0 aromatic heterocycles. The van der Waals surface area contributed by atoms with Crippen LogP contribution in [0.3, 0.4) is 0 Å². The summed E-state index contributed by atoms with van der Waals surface area (Å²) in [5, 5.41) is 0. The number of hydrogen-bond donors (Lipinski definition) is 2. The van der Waals surface area contributed by atoms with Crippen LogP contribution < -0.4 is 10.9 Å². The van der Waals surface area contributed by atoms with Crippen LogP contribution in [-0.2, 0) is 0 Å². The molecule has 2 N–H and O–H groups in total. The summed E-state index contributed by atoms with van der Waals surface area (Å²) in [6, 6.07) is 0.464. The molecule has 3 nitrogen and oxygen atoms in total. The SMILES string of the molecule is C=C/C=C(CC)\C(CCC)=C(/C)N1CCC(NNC(/C=C\CC)=C/C)C1. The van der Waals surface area contributed by atoms with Crippen LogP contribution in [0.1, 0.15) is 66.7 Å². The summed E-state index contributed by atoms with van der Waals surface area (Å²) < 4.78 is 0. The van der Waals surface area contributed by atoms with Gasteiger partial charge in [-0.05, 0) is 56.8 Å². The molecule has 0 aromatic rings. The standard InChI is InChI=1S/C23H39N3/c1-7-12-15-21(11-5)24-25-22-16-17-26(18-22)19(6)23(14-9-3)20(10-4)13-8-2/h8,11-13,15,22,24-25H,2,7,9-10,14,16-18H2,1,3-6H3/b15-12-,20-13-,21-11+,23-19+. The van der Waals surface area contributed by atoms with Crippen molar-refractivity contribution in [2.24, 2.45) is 0 Å². The molecule has 1 saturated heterocycles. The smallest absolute Gasteiger partial charge is 0.0452 e. The Morgan fingerprint density at radius 1 is 1.27 bits per heavy atom. The van der Waals surface area contributed by atoms with Crippen LogP contribution in [0.2, 0.25) is 0 Å². The van der Waals surface area contributed by atoms with E-state index in [0.717, 1.165) is 44.5 Å². The van der Waals surface area contributed by atoms with Gasteiger partial charge in [0.1, 0.15) is 0 Å². The van der Waals surface area contributed by atoms with Gasteiger partial charge in [-0.15, -0.1) is 0 Å². The van der Waals surface area contributed by atoms with Gasteiger partial charge in [0.25, 0.3) is 0 Å². The highest BCUT2D eigenvalue weighted by atomic mass is 15.4. The Morgan fingerprint density at radius 2 is 2.04 bits per heavy atom. The highest BCUT2D eigenvalue weighted by Gasteiger charge is 2.24. The molecule has 1 heterocycles. The zero-order valence-electron chi connectivity index (χ0n) is 17.6. The second kappa shape index (κ2) is 12.6. The molecule has 0 bridgehead atoms. The van der Waals surface area contributed by atoms with Crippen molar-refractivity contribution in [3.8, 4) is 0 Å². The maximum Gasteiger partial charge on any atom is 0.0452 e. The molecule has 146 valence electrons. The molecule has 0 aliphatic carbocycles. The average Bonchev–Trinajstić information content (AvgIpc) is 3.13. The maximum atomic E-state index is 3.89. The topological polar surface area (TPSA) is 27.3 Å². The van der Waals surface area contributed by atoms with E-state index in [1.807, 2.05) is 6.08 Å². The lowest BCUT2D eigenvalue weighted by molar-refractivity contribution is 0.393. The van der Waals surface area contributed by atoms with Gasteiger partial charge in [-0.3, -0.25) is 0 Å². The minimum atomic E-state index is 0.464. The van der Waals surface area contributed by atoms with Gasteiger partial charge in [-0.25, -0.2) is 5.43 Å². The molecule has 1 aliphatic rings. The second-order valence-corrected chi connectivity index (χ2v) is 6.85. The number of rotatable bonds is 11. The molecular formula is C23H39N3. The van der Waals surface area contributed by atoms with Crippen LogP contribution in [0.4, 0.5) is 0 Å². The Kier molecular flexibility index (Phi) is 10.8. The van der Waals surface area contributed by atoms with Crippen LogP contribution in [0.15, 0.2) is 59.5 Å². The first-order valence-electron chi connectivity index (χ1n) is 10.2. The fourth-order valence-electron chi connectivity index (χ4n) is 3.41. The van der Waals surface area contributed by atoms with E-state index in [9.17, 15) is 0 Å². The van der Waals surface area contributed by atoms with Crippen LogP contribution in [0.25, 0.3) is 0 Å². The molecule has 0 radical (unpaired) electrons. The van der Waals surface area contributed by atoms with E-state index in [1.54, 1.807) is 0 Å². The number of nitrogens with one attached hydrogen (secondary N) is 2. The molecule has 1 fully saturated rings. The van der Waals surface area contributed by atoms with Crippen molar-refractivity contribution in [3.63, 3.8) is 0 Å². The highest BCUT2D eigenvalue weighted by molar-refractivity contribution is 5.36. The van der Waals surface area contributed by atoms with Gasteiger partial charge in [-0.1, -0.05) is 58.1 Å². The lowest BCUT2D eigenvalue weighted by Gasteiger charge is -2.25. The molecule has 0 aromatic carbocycles. The summed E-state index contributed by atoms with van der Waals surface area (Å²) in [6.45, 7) is 17.0. The molecule has 0 amide bonds. The highest BCUT2D eigenvalue weighted by Crippen LogP contribution is 2.27. The Labute approximate surface area is 161 Å². The van der Waals surface area contributed by atoms with Crippen LogP contribution in [0, 0.1) is 0 Å². The molecule has 1 rings (SSSR count). The van der Waals surface area contributed by atoms with Gasteiger partial charge in [0.15, 0.2) is 0 Å². The van der Waals surface area contributed by atoms with Gasteiger partial charge in [0, 0.05) is 30.5 Å².